The molecule has 0 fully saturated rings. The molecule has 1 aromatic carbocycles. The van der Waals surface area contributed by atoms with E-state index in [0.29, 0.717) is 22.5 Å². The molecule has 138 valence electrons. The fourth-order valence-corrected chi connectivity index (χ4v) is 3.85. The van der Waals surface area contributed by atoms with E-state index in [1.54, 1.807) is 31.2 Å². The number of aryl methyl sites for hydroxylation is 1. The molecule has 0 atom stereocenters. The molecule has 1 aromatic heterocycles. The molecule has 1 heterocycles. The van der Waals surface area contributed by atoms with Gasteiger partial charge in [0.25, 0.3) is 0 Å². The number of nitrogens with one attached hydrogen (secondary N) is 1. The van der Waals surface area contributed by atoms with E-state index in [4.69, 9.17) is 4.74 Å². The molecule has 2 aromatic rings. The number of amides is 1. The van der Waals surface area contributed by atoms with Crippen LogP contribution in [0.25, 0.3) is 0 Å². The Morgan fingerprint density at radius 3 is 2.38 bits per heavy atom. The van der Waals surface area contributed by atoms with Crippen LogP contribution < -0.4 is 5.32 Å². The van der Waals surface area contributed by atoms with Crippen LogP contribution in [0.5, 0.6) is 0 Å². The number of rotatable bonds is 8. The van der Waals surface area contributed by atoms with Crippen LogP contribution in [-0.2, 0) is 16.0 Å². The van der Waals surface area contributed by atoms with Crippen LogP contribution >= 0.6 is 11.3 Å². The van der Waals surface area contributed by atoms with Crippen molar-refractivity contribution in [2.45, 2.75) is 40.0 Å². The van der Waals surface area contributed by atoms with Gasteiger partial charge in [0, 0.05) is 23.3 Å². The number of anilines is 1. The average Bonchev–Trinajstić information content (AvgIpc) is 2.95. The Morgan fingerprint density at radius 1 is 1.08 bits per heavy atom. The van der Waals surface area contributed by atoms with E-state index in [1.165, 1.54) is 11.3 Å². The minimum absolute atomic E-state index is 0.0639. The van der Waals surface area contributed by atoms with Crippen molar-refractivity contribution in [3.63, 3.8) is 0 Å². The summed E-state index contributed by atoms with van der Waals surface area (Å²) in [7, 11) is 0. The third-order valence-electron chi connectivity index (χ3n) is 3.97. The van der Waals surface area contributed by atoms with Gasteiger partial charge in [-0.05, 0) is 25.8 Å². The van der Waals surface area contributed by atoms with Gasteiger partial charge in [0.15, 0.2) is 5.78 Å². The maximum absolute atomic E-state index is 12.3. The SMILES string of the molecule is CCOC(=O)c1c(NC(=O)CCC(=O)c2ccccc2)sc(C)c1CC. The zero-order valence-electron chi connectivity index (χ0n) is 15.3. The average molecular weight is 373 g/mol. The predicted octanol–water partition coefficient (Wildman–Crippen LogP) is 4.40. The van der Waals surface area contributed by atoms with Crippen LogP contribution in [0.2, 0.25) is 0 Å². The largest absolute Gasteiger partial charge is 0.462 e. The van der Waals surface area contributed by atoms with E-state index in [9.17, 15) is 14.4 Å². The topological polar surface area (TPSA) is 72.5 Å². The van der Waals surface area contributed by atoms with Crippen molar-refractivity contribution in [1.29, 1.82) is 0 Å². The van der Waals surface area contributed by atoms with Crippen molar-refractivity contribution < 1.29 is 19.1 Å². The van der Waals surface area contributed by atoms with Crippen molar-refractivity contribution in [3.05, 3.63) is 51.9 Å². The first-order valence-corrected chi connectivity index (χ1v) is 9.47. The molecule has 1 N–H and O–H groups in total. The molecule has 6 heteroatoms. The summed E-state index contributed by atoms with van der Waals surface area (Å²) in [6.07, 6.45) is 0.864. The molecule has 2 rings (SSSR count). The molecule has 0 aliphatic rings. The number of thiophene rings is 1. The molecular weight excluding hydrogens is 350 g/mol. The van der Waals surface area contributed by atoms with Crippen molar-refractivity contribution in [2.24, 2.45) is 0 Å². The molecule has 1 amide bonds. The highest BCUT2D eigenvalue weighted by Gasteiger charge is 2.23. The summed E-state index contributed by atoms with van der Waals surface area (Å²) in [4.78, 5) is 37.6. The van der Waals surface area contributed by atoms with Crippen LogP contribution in [-0.4, -0.2) is 24.3 Å². The second-order valence-electron chi connectivity index (χ2n) is 5.75. The van der Waals surface area contributed by atoms with E-state index in [-0.39, 0.29) is 31.1 Å². The summed E-state index contributed by atoms with van der Waals surface area (Å²) in [6, 6.07) is 8.88. The summed E-state index contributed by atoms with van der Waals surface area (Å²) < 4.78 is 5.12. The Bertz CT molecular complexity index is 796. The molecular formula is C20H23NO4S. The lowest BCUT2D eigenvalue weighted by molar-refractivity contribution is -0.116. The van der Waals surface area contributed by atoms with Gasteiger partial charge in [-0.25, -0.2) is 4.79 Å². The van der Waals surface area contributed by atoms with Gasteiger partial charge in [0.2, 0.25) is 5.91 Å². The molecule has 0 aliphatic carbocycles. The van der Waals surface area contributed by atoms with Gasteiger partial charge in [-0.2, -0.15) is 0 Å². The van der Waals surface area contributed by atoms with Crippen LogP contribution in [0.1, 0.15) is 57.8 Å². The smallest absolute Gasteiger partial charge is 0.341 e. The zero-order valence-corrected chi connectivity index (χ0v) is 16.1. The fourth-order valence-electron chi connectivity index (χ4n) is 2.70. The van der Waals surface area contributed by atoms with E-state index in [0.717, 1.165) is 10.4 Å². The summed E-state index contributed by atoms with van der Waals surface area (Å²) in [5, 5.41) is 3.27. The molecule has 0 bridgehead atoms. The maximum Gasteiger partial charge on any atom is 0.341 e. The predicted molar refractivity (Wildman–Crippen MR) is 103 cm³/mol. The third kappa shape index (κ3) is 4.79. The van der Waals surface area contributed by atoms with Gasteiger partial charge in [-0.15, -0.1) is 11.3 Å². The van der Waals surface area contributed by atoms with Gasteiger partial charge < -0.3 is 10.1 Å². The Balaban J connectivity index is 2.06. The Hall–Kier alpha value is -2.47. The molecule has 0 spiro atoms. The summed E-state index contributed by atoms with van der Waals surface area (Å²) in [5.41, 5.74) is 1.91. The van der Waals surface area contributed by atoms with Gasteiger partial charge in [0.05, 0.1) is 12.2 Å². The number of hydrogen-bond donors (Lipinski definition) is 1. The second kappa shape index (κ2) is 9.29. The van der Waals surface area contributed by atoms with E-state index in [2.05, 4.69) is 5.32 Å². The lowest BCUT2D eigenvalue weighted by atomic mass is 10.1. The Morgan fingerprint density at radius 2 is 1.77 bits per heavy atom. The molecule has 26 heavy (non-hydrogen) atoms. The normalized spacial score (nSPS) is 10.4. The number of esters is 1. The van der Waals surface area contributed by atoms with Gasteiger partial charge in [-0.1, -0.05) is 37.3 Å². The molecule has 5 nitrogen and oxygen atoms in total. The molecule has 0 aliphatic heterocycles. The van der Waals surface area contributed by atoms with E-state index >= 15 is 0 Å². The van der Waals surface area contributed by atoms with Crippen LogP contribution in [0.3, 0.4) is 0 Å². The highest BCUT2D eigenvalue weighted by atomic mass is 32.1. The third-order valence-corrected chi connectivity index (χ3v) is 5.03. The van der Waals surface area contributed by atoms with Gasteiger partial charge >= 0.3 is 5.97 Å². The van der Waals surface area contributed by atoms with Crippen LogP contribution in [0.15, 0.2) is 30.3 Å². The first-order valence-electron chi connectivity index (χ1n) is 8.65. The Kier molecular flexibility index (Phi) is 7.09. The lowest BCUT2D eigenvalue weighted by Crippen LogP contribution is -2.16. The lowest BCUT2D eigenvalue weighted by Gasteiger charge is -2.08. The van der Waals surface area contributed by atoms with Gasteiger partial charge in [0.1, 0.15) is 5.00 Å². The highest BCUT2D eigenvalue weighted by Crippen LogP contribution is 2.34. The first-order chi connectivity index (χ1) is 12.5. The molecule has 0 saturated heterocycles. The quantitative estimate of drug-likeness (QED) is 0.550. The number of ether oxygens (including phenoxy) is 1. The Labute approximate surface area is 157 Å². The summed E-state index contributed by atoms with van der Waals surface area (Å²) in [5.74, 6) is -0.795. The number of carbonyl (C=O) groups excluding carboxylic acids is 3. The van der Waals surface area contributed by atoms with Crippen molar-refractivity contribution >= 4 is 34.0 Å². The minimum Gasteiger partial charge on any atom is -0.462 e. The fraction of sp³-hybridized carbons (Fsp3) is 0.350. The zero-order chi connectivity index (χ0) is 19.1. The van der Waals surface area contributed by atoms with E-state index in [1.807, 2.05) is 19.9 Å². The highest BCUT2D eigenvalue weighted by molar-refractivity contribution is 7.16. The first kappa shape index (κ1) is 19.8. The standard InChI is InChI=1S/C20H23NO4S/c1-4-15-13(3)26-19(18(15)20(24)25-5-2)21-17(23)12-11-16(22)14-9-7-6-8-10-14/h6-10H,4-5,11-12H2,1-3H3,(H,21,23). The van der Waals surface area contributed by atoms with Crippen LogP contribution in [0.4, 0.5) is 5.00 Å². The molecule has 0 radical (unpaired) electrons. The van der Waals surface area contributed by atoms with E-state index < -0.39 is 5.97 Å². The van der Waals surface area contributed by atoms with Crippen molar-refractivity contribution in [2.75, 3.05) is 11.9 Å². The maximum atomic E-state index is 12.3. The number of carbonyl (C=O) groups is 3. The van der Waals surface area contributed by atoms with Crippen molar-refractivity contribution in [1.82, 2.24) is 0 Å². The summed E-state index contributed by atoms with van der Waals surface area (Å²) >= 11 is 1.36. The van der Waals surface area contributed by atoms with Crippen molar-refractivity contribution in [3.8, 4) is 0 Å². The number of benzene rings is 1. The van der Waals surface area contributed by atoms with Gasteiger partial charge in [-0.3, -0.25) is 9.59 Å². The molecule has 0 unspecified atom stereocenters. The summed E-state index contributed by atoms with van der Waals surface area (Å²) in [6.45, 7) is 5.90. The minimum atomic E-state index is -0.427. The number of hydrogen-bond acceptors (Lipinski definition) is 5. The monoisotopic (exact) mass is 373 g/mol. The molecule has 0 saturated carbocycles. The number of Topliss-reactive ketones (excluding diaryl/α,β-unsaturated/α-hetero) is 1. The van der Waals surface area contributed by atoms with Crippen LogP contribution in [0, 0.1) is 6.92 Å². The number of ketones is 1. The second-order valence-corrected chi connectivity index (χ2v) is 6.98.